The number of rotatable bonds is 3. The molecule has 0 aliphatic heterocycles. The van der Waals surface area contributed by atoms with Gasteiger partial charge in [-0.3, -0.25) is 4.98 Å². The molecular formula is C16H26N2. The molecule has 0 saturated heterocycles. The Balaban J connectivity index is 1.85. The second kappa shape index (κ2) is 5.83. The topological polar surface area (TPSA) is 24.9 Å². The Hall–Kier alpha value is -0.890. The van der Waals surface area contributed by atoms with Crippen LogP contribution in [0.15, 0.2) is 18.3 Å². The van der Waals surface area contributed by atoms with Crippen LogP contribution in [-0.4, -0.2) is 11.0 Å². The zero-order valence-electron chi connectivity index (χ0n) is 12.0. The molecule has 0 amide bonds. The number of nitrogens with one attached hydrogen (secondary N) is 1. The lowest BCUT2D eigenvalue weighted by Crippen LogP contribution is -2.28. The Morgan fingerprint density at radius 2 is 2.17 bits per heavy atom. The fourth-order valence-corrected chi connectivity index (χ4v) is 2.81. The van der Waals surface area contributed by atoms with Crippen molar-refractivity contribution in [1.29, 1.82) is 0 Å². The van der Waals surface area contributed by atoms with Crippen molar-refractivity contribution < 1.29 is 0 Å². The standard InChI is InChI=1S/C16H26N2/c1-13-6-5-11-17-15(13)12-18-14-7-4-9-16(2,3)10-8-14/h5-6,11,14,18H,4,7-10,12H2,1-3H3. The lowest BCUT2D eigenvalue weighted by Gasteiger charge is -2.22. The fraction of sp³-hybridized carbons (Fsp3) is 0.688. The lowest BCUT2D eigenvalue weighted by atomic mass is 9.85. The average molecular weight is 246 g/mol. The first kappa shape index (κ1) is 13.5. The molecule has 1 aliphatic rings. The summed E-state index contributed by atoms with van der Waals surface area (Å²) in [4.78, 5) is 4.45. The summed E-state index contributed by atoms with van der Waals surface area (Å²) in [6.45, 7) is 7.86. The van der Waals surface area contributed by atoms with Gasteiger partial charge in [0.15, 0.2) is 0 Å². The van der Waals surface area contributed by atoms with E-state index in [2.05, 4.69) is 37.1 Å². The molecule has 18 heavy (non-hydrogen) atoms. The number of hydrogen-bond acceptors (Lipinski definition) is 2. The number of aromatic nitrogens is 1. The van der Waals surface area contributed by atoms with Gasteiger partial charge in [0, 0.05) is 18.8 Å². The van der Waals surface area contributed by atoms with E-state index in [-0.39, 0.29) is 0 Å². The second-order valence-electron chi connectivity index (χ2n) is 6.44. The summed E-state index contributed by atoms with van der Waals surface area (Å²) in [5.41, 5.74) is 3.03. The van der Waals surface area contributed by atoms with Crippen LogP contribution in [0.1, 0.15) is 57.2 Å². The van der Waals surface area contributed by atoms with E-state index in [1.807, 2.05) is 12.3 Å². The van der Waals surface area contributed by atoms with Crippen LogP contribution in [0.2, 0.25) is 0 Å². The molecule has 2 rings (SSSR count). The lowest BCUT2D eigenvalue weighted by molar-refractivity contribution is 0.309. The smallest absolute Gasteiger partial charge is 0.0570 e. The molecule has 0 spiro atoms. The predicted molar refractivity (Wildman–Crippen MR) is 76.5 cm³/mol. The Labute approximate surface area is 111 Å². The largest absolute Gasteiger partial charge is 0.308 e. The molecule has 1 aromatic heterocycles. The molecule has 1 heterocycles. The van der Waals surface area contributed by atoms with Gasteiger partial charge in [-0.25, -0.2) is 0 Å². The van der Waals surface area contributed by atoms with Crippen LogP contribution in [-0.2, 0) is 6.54 Å². The van der Waals surface area contributed by atoms with Crippen molar-refractivity contribution in [3.63, 3.8) is 0 Å². The van der Waals surface area contributed by atoms with E-state index >= 15 is 0 Å². The van der Waals surface area contributed by atoms with E-state index in [0.29, 0.717) is 11.5 Å². The van der Waals surface area contributed by atoms with Crippen LogP contribution in [0, 0.1) is 12.3 Å². The van der Waals surface area contributed by atoms with Gasteiger partial charge >= 0.3 is 0 Å². The van der Waals surface area contributed by atoms with Gasteiger partial charge in [0.05, 0.1) is 5.69 Å². The molecule has 1 atom stereocenters. The molecule has 0 radical (unpaired) electrons. The molecule has 1 saturated carbocycles. The first-order valence-corrected chi connectivity index (χ1v) is 7.21. The highest BCUT2D eigenvalue weighted by molar-refractivity contribution is 5.17. The molecule has 1 unspecified atom stereocenters. The van der Waals surface area contributed by atoms with Crippen molar-refractivity contribution in [1.82, 2.24) is 10.3 Å². The Morgan fingerprint density at radius 1 is 1.33 bits per heavy atom. The first-order chi connectivity index (χ1) is 8.57. The third kappa shape index (κ3) is 3.81. The van der Waals surface area contributed by atoms with Crippen molar-refractivity contribution in [2.45, 2.75) is 65.5 Å². The average Bonchev–Trinajstić information content (AvgIpc) is 2.50. The summed E-state index contributed by atoms with van der Waals surface area (Å²) in [5.74, 6) is 0. The van der Waals surface area contributed by atoms with Gasteiger partial charge in [0.2, 0.25) is 0 Å². The third-order valence-corrected chi connectivity index (χ3v) is 4.25. The van der Waals surface area contributed by atoms with Crippen molar-refractivity contribution in [2.75, 3.05) is 0 Å². The van der Waals surface area contributed by atoms with Gasteiger partial charge in [0.1, 0.15) is 0 Å². The van der Waals surface area contributed by atoms with E-state index < -0.39 is 0 Å². The van der Waals surface area contributed by atoms with Crippen LogP contribution < -0.4 is 5.32 Å². The van der Waals surface area contributed by atoms with Crippen molar-refractivity contribution in [2.24, 2.45) is 5.41 Å². The molecular weight excluding hydrogens is 220 g/mol. The molecule has 100 valence electrons. The Bertz CT molecular complexity index is 384. The van der Waals surface area contributed by atoms with Gasteiger partial charge in [-0.2, -0.15) is 0 Å². The van der Waals surface area contributed by atoms with Crippen molar-refractivity contribution in [3.8, 4) is 0 Å². The quantitative estimate of drug-likeness (QED) is 0.820. The van der Waals surface area contributed by atoms with Gasteiger partial charge in [0.25, 0.3) is 0 Å². The maximum absolute atomic E-state index is 4.45. The maximum atomic E-state index is 4.45. The number of pyridine rings is 1. The van der Waals surface area contributed by atoms with E-state index in [1.165, 1.54) is 43.4 Å². The summed E-state index contributed by atoms with van der Waals surface area (Å²) in [5, 5.41) is 3.69. The summed E-state index contributed by atoms with van der Waals surface area (Å²) >= 11 is 0. The highest BCUT2D eigenvalue weighted by Crippen LogP contribution is 2.33. The SMILES string of the molecule is Cc1cccnc1CNC1CCCC(C)(C)CC1. The van der Waals surface area contributed by atoms with E-state index in [0.717, 1.165) is 6.54 Å². The Kier molecular flexibility index (Phi) is 4.39. The van der Waals surface area contributed by atoms with Gasteiger partial charge < -0.3 is 5.32 Å². The van der Waals surface area contributed by atoms with E-state index in [4.69, 9.17) is 0 Å². The first-order valence-electron chi connectivity index (χ1n) is 7.21. The maximum Gasteiger partial charge on any atom is 0.0570 e. The minimum absolute atomic E-state index is 0.539. The monoisotopic (exact) mass is 246 g/mol. The minimum atomic E-state index is 0.539. The predicted octanol–water partition coefficient (Wildman–Crippen LogP) is 3.84. The number of nitrogens with zero attached hydrogens (tertiary/aromatic N) is 1. The molecule has 1 fully saturated rings. The van der Waals surface area contributed by atoms with Crippen LogP contribution >= 0.6 is 0 Å². The van der Waals surface area contributed by atoms with Crippen LogP contribution in [0.25, 0.3) is 0 Å². The van der Waals surface area contributed by atoms with Gasteiger partial charge in [-0.15, -0.1) is 0 Å². The summed E-state index contributed by atoms with van der Waals surface area (Å²) in [6, 6.07) is 4.82. The molecule has 0 aromatic carbocycles. The molecule has 1 N–H and O–H groups in total. The highest BCUT2D eigenvalue weighted by atomic mass is 14.9. The summed E-state index contributed by atoms with van der Waals surface area (Å²) in [6.07, 6.45) is 8.57. The number of aryl methyl sites for hydroxylation is 1. The van der Waals surface area contributed by atoms with Crippen LogP contribution in [0.3, 0.4) is 0 Å². The van der Waals surface area contributed by atoms with Gasteiger partial charge in [-0.1, -0.05) is 26.3 Å². The van der Waals surface area contributed by atoms with E-state index in [1.54, 1.807) is 0 Å². The second-order valence-corrected chi connectivity index (χ2v) is 6.44. The normalized spacial score (nSPS) is 23.6. The highest BCUT2D eigenvalue weighted by Gasteiger charge is 2.23. The molecule has 1 aromatic rings. The van der Waals surface area contributed by atoms with Crippen molar-refractivity contribution >= 4 is 0 Å². The van der Waals surface area contributed by atoms with Crippen LogP contribution in [0.4, 0.5) is 0 Å². The fourth-order valence-electron chi connectivity index (χ4n) is 2.81. The van der Waals surface area contributed by atoms with Gasteiger partial charge in [-0.05, 0) is 49.7 Å². The molecule has 1 aliphatic carbocycles. The minimum Gasteiger partial charge on any atom is -0.308 e. The van der Waals surface area contributed by atoms with E-state index in [9.17, 15) is 0 Å². The zero-order valence-corrected chi connectivity index (χ0v) is 12.0. The third-order valence-electron chi connectivity index (χ3n) is 4.25. The summed E-state index contributed by atoms with van der Waals surface area (Å²) in [7, 11) is 0. The number of hydrogen-bond donors (Lipinski definition) is 1. The Morgan fingerprint density at radius 3 is 2.94 bits per heavy atom. The van der Waals surface area contributed by atoms with Crippen LogP contribution in [0.5, 0.6) is 0 Å². The summed E-state index contributed by atoms with van der Waals surface area (Å²) < 4.78 is 0. The zero-order chi connectivity index (χ0) is 13.0. The van der Waals surface area contributed by atoms with Crippen molar-refractivity contribution in [3.05, 3.63) is 29.6 Å². The molecule has 2 nitrogen and oxygen atoms in total. The molecule has 2 heteroatoms. The molecule has 0 bridgehead atoms.